The Morgan fingerprint density at radius 3 is 2.30 bits per heavy atom. The lowest BCUT2D eigenvalue weighted by Crippen LogP contribution is -2.32. The second kappa shape index (κ2) is 7.78. The van der Waals surface area contributed by atoms with E-state index in [-0.39, 0.29) is 30.3 Å². The smallest absolute Gasteiger partial charge is 0.409 e. The number of amides is 1. The van der Waals surface area contributed by atoms with Crippen LogP contribution < -0.4 is 0 Å². The quantitative estimate of drug-likeness (QED) is 0.797. The third-order valence-electron chi connectivity index (χ3n) is 7.28. The van der Waals surface area contributed by atoms with E-state index in [1.165, 1.54) is 22.3 Å². The summed E-state index contributed by atoms with van der Waals surface area (Å²) in [6.07, 6.45) is 3.03. The summed E-state index contributed by atoms with van der Waals surface area (Å²) in [5, 5.41) is 9.22. The first kappa shape index (κ1) is 19.2. The average Bonchev–Trinajstić information content (AvgIpc) is 3.32. The molecule has 1 saturated heterocycles. The van der Waals surface area contributed by atoms with Gasteiger partial charge in [0.2, 0.25) is 0 Å². The van der Waals surface area contributed by atoms with Crippen LogP contribution in [0.5, 0.6) is 0 Å². The van der Waals surface area contributed by atoms with E-state index in [1.807, 2.05) is 29.2 Å². The summed E-state index contributed by atoms with van der Waals surface area (Å²) in [7, 11) is 0. The van der Waals surface area contributed by atoms with Gasteiger partial charge in [0.15, 0.2) is 0 Å². The first-order valence-electron chi connectivity index (χ1n) is 10.9. The standard InChI is InChI=1S/C25H27NO4/c27-24(28)12-16-6-5-7-17-13-26(14-22(16)17)25(29)30-15-23-20-10-3-1-8-18(20)19-9-2-4-11-21(19)23/h1-4,8-11,16-17,22-23H,5-7,12-15H2,(H,27,28). The van der Waals surface area contributed by atoms with Crippen LogP contribution in [0.2, 0.25) is 0 Å². The van der Waals surface area contributed by atoms with Gasteiger partial charge in [-0.2, -0.15) is 0 Å². The Kier molecular flexibility index (Phi) is 4.97. The van der Waals surface area contributed by atoms with Gasteiger partial charge in [-0.25, -0.2) is 4.79 Å². The third kappa shape index (κ3) is 3.36. The topological polar surface area (TPSA) is 66.8 Å². The van der Waals surface area contributed by atoms with Crippen molar-refractivity contribution in [1.29, 1.82) is 0 Å². The molecule has 2 fully saturated rings. The van der Waals surface area contributed by atoms with Crippen LogP contribution in [0.1, 0.15) is 42.7 Å². The Morgan fingerprint density at radius 2 is 1.63 bits per heavy atom. The average molecular weight is 405 g/mol. The molecule has 0 radical (unpaired) electrons. The summed E-state index contributed by atoms with van der Waals surface area (Å²) in [4.78, 5) is 25.9. The largest absolute Gasteiger partial charge is 0.481 e. The number of nitrogens with zero attached hydrogens (tertiary/aromatic N) is 1. The van der Waals surface area contributed by atoms with Crippen molar-refractivity contribution < 1.29 is 19.4 Å². The van der Waals surface area contributed by atoms with Gasteiger partial charge in [-0.1, -0.05) is 55.0 Å². The Balaban J connectivity index is 1.27. The van der Waals surface area contributed by atoms with Gasteiger partial charge in [0.05, 0.1) is 0 Å². The molecule has 2 aromatic carbocycles. The van der Waals surface area contributed by atoms with Gasteiger partial charge < -0.3 is 14.7 Å². The molecule has 1 amide bonds. The zero-order valence-corrected chi connectivity index (χ0v) is 17.0. The molecule has 1 heterocycles. The lowest BCUT2D eigenvalue weighted by Gasteiger charge is -2.31. The number of aliphatic carboxylic acids is 1. The van der Waals surface area contributed by atoms with E-state index in [0.717, 1.165) is 19.3 Å². The van der Waals surface area contributed by atoms with Gasteiger partial charge in [0.1, 0.15) is 6.61 Å². The molecular weight excluding hydrogens is 378 g/mol. The number of carboxylic acids is 1. The fourth-order valence-electron chi connectivity index (χ4n) is 5.90. The van der Waals surface area contributed by atoms with Gasteiger partial charge in [0.25, 0.3) is 0 Å². The Bertz CT molecular complexity index is 926. The van der Waals surface area contributed by atoms with E-state index in [9.17, 15) is 14.7 Å². The van der Waals surface area contributed by atoms with Crippen LogP contribution in [-0.4, -0.2) is 41.8 Å². The normalized spacial score (nSPS) is 24.8. The maximum Gasteiger partial charge on any atom is 0.409 e. The number of hydrogen-bond donors (Lipinski definition) is 1. The molecule has 30 heavy (non-hydrogen) atoms. The van der Waals surface area contributed by atoms with E-state index in [0.29, 0.717) is 25.6 Å². The molecule has 2 aromatic rings. The summed E-state index contributed by atoms with van der Waals surface area (Å²) in [6, 6.07) is 16.7. The van der Waals surface area contributed by atoms with Crippen molar-refractivity contribution in [2.24, 2.45) is 17.8 Å². The van der Waals surface area contributed by atoms with Crippen LogP contribution in [0, 0.1) is 17.8 Å². The van der Waals surface area contributed by atoms with Crippen molar-refractivity contribution in [1.82, 2.24) is 4.90 Å². The molecule has 2 aliphatic carbocycles. The molecule has 3 aliphatic rings. The lowest BCUT2D eigenvalue weighted by molar-refractivity contribution is -0.139. The highest BCUT2D eigenvalue weighted by Gasteiger charge is 2.43. The third-order valence-corrected chi connectivity index (χ3v) is 7.28. The van der Waals surface area contributed by atoms with Gasteiger partial charge in [0, 0.05) is 25.4 Å². The monoisotopic (exact) mass is 405 g/mol. The predicted octanol–water partition coefficient (Wildman–Crippen LogP) is 4.76. The predicted molar refractivity (Wildman–Crippen MR) is 113 cm³/mol. The van der Waals surface area contributed by atoms with E-state index in [1.54, 1.807) is 0 Å². The molecule has 5 rings (SSSR count). The van der Waals surface area contributed by atoms with Crippen molar-refractivity contribution in [3.8, 4) is 11.1 Å². The highest BCUT2D eigenvalue weighted by Crippen LogP contribution is 2.45. The second-order valence-electron chi connectivity index (χ2n) is 8.92. The molecule has 0 aromatic heterocycles. The zero-order chi connectivity index (χ0) is 20.7. The number of likely N-dealkylation sites (tertiary alicyclic amines) is 1. The number of hydrogen-bond acceptors (Lipinski definition) is 3. The fraction of sp³-hybridized carbons (Fsp3) is 0.440. The molecule has 5 heteroatoms. The maximum atomic E-state index is 12.9. The van der Waals surface area contributed by atoms with Crippen molar-refractivity contribution in [2.75, 3.05) is 19.7 Å². The van der Waals surface area contributed by atoms with E-state index >= 15 is 0 Å². The highest BCUT2D eigenvalue weighted by atomic mass is 16.6. The van der Waals surface area contributed by atoms with Gasteiger partial charge >= 0.3 is 12.1 Å². The van der Waals surface area contributed by atoms with E-state index in [2.05, 4.69) is 24.3 Å². The van der Waals surface area contributed by atoms with Gasteiger partial charge in [-0.05, 0) is 52.8 Å². The molecular formula is C25H27NO4. The van der Waals surface area contributed by atoms with Gasteiger partial charge in [-0.15, -0.1) is 0 Å². The number of ether oxygens (including phenoxy) is 1. The summed E-state index contributed by atoms with van der Waals surface area (Å²) >= 11 is 0. The molecule has 3 unspecified atom stereocenters. The van der Waals surface area contributed by atoms with Crippen molar-refractivity contribution in [2.45, 2.75) is 31.6 Å². The minimum atomic E-state index is -0.736. The fourth-order valence-corrected chi connectivity index (χ4v) is 5.90. The van der Waals surface area contributed by atoms with Crippen LogP contribution in [0.4, 0.5) is 4.79 Å². The number of rotatable bonds is 4. The minimum absolute atomic E-state index is 0.0611. The molecule has 1 N–H and O–H groups in total. The van der Waals surface area contributed by atoms with Crippen LogP contribution in [0.15, 0.2) is 48.5 Å². The SMILES string of the molecule is O=C(O)CC1CCCC2CN(C(=O)OCC3c4ccccc4-c4ccccc43)CC12. The van der Waals surface area contributed by atoms with Crippen LogP contribution in [0.3, 0.4) is 0 Å². The number of carbonyl (C=O) groups excluding carboxylic acids is 1. The maximum absolute atomic E-state index is 12.9. The second-order valence-corrected chi connectivity index (χ2v) is 8.92. The van der Waals surface area contributed by atoms with Crippen molar-refractivity contribution in [3.05, 3.63) is 59.7 Å². The Labute approximate surface area is 176 Å². The van der Waals surface area contributed by atoms with Gasteiger partial charge in [-0.3, -0.25) is 4.79 Å². The van der Waals surface area contributed by atoms with Crippen LogP contribution >= 0.6 is 0 Å². The first-order chi connectivity index (χ1) is 14.6. The number of carboxylic acid groups (broad SMARTS) is 1. The summed E-state index contributed by atoms with van der Waals surface area (Å²) in [6.45, 7) is 1.65. The van der Waals surface area contributed by atoms with E-state index < -0.39 is 5.97 Å². The first-order valence-corrected chi connectivity index (χ1v) is 10.9. The van der Waals surface area contributed by atoms with Crippen molar-refractivity contribution in [3.63, 3.8) is 0 Å². The number of carbonyl (C=O) groups is 2. The van der Waals surface area contributed by atoms with Crippen molar-refractivity contribution >= 4 is 12.1 Å². The Morgan fingerprint density at radius 1 is 0.967 bits per heavy atom. The van der Waals surface area contributed by atoms with E-state index in [4.69, 9.17) is 4.74 Å². The lowest BCUT2D eigenvalue weighted by atomic mass is 9.72. The number of fused-ring (bicyclic) bond motifs is 4. The molecule has 156 valence electrons. The Hall–Kier alpha value is -2.82. The molecule has 3 atom stereocenters. The van der Waals surface area contributed by atoms with Crippen LogP contribution in [-0.2, 0) is 9.53 Å². The molecule has 0 spiro atoms. The summed E-state index contributed by atoms with van der Waals surface area (Å²) in [5.41, 5.74) is 4.86. The molecule has 1 saturated carbocycles. The minimum Gasteiger partial charge on any atom is -0.481 e. The molecule has 1 aliphatic heterocycles. The summed E-state index contributed by atoms with van der Waals surface area (Å²) < 4.78 is 5.82. The van der Waals surface area contributed by atoms with Crippen LogP contribution in [0.25, 0.3) is 11.1 Å². The highest BCUT2D eigenvalue weighted by molar-refractivity contribution is 5.79. The molecule has 0 bridgehead atoms. The zero-order valence-electron chi connectivity index (χ0n) is 17.0. The molecule has 5 nitrogen and oxygen atoms in total. The summed E-state index contributed by atoms with van der Waals surface area (Å²) in [5.74, 6) is 0.192. The number of benzene rings is 2.